The van der Waals surface area contributed by atoms with Crippen molar-refractivity contribution in [3.63, 3.8) is 0 Å². The summed E-state index contributed by atoms with van der Waals surface area (Å²) in [5, 5.41) is 9.52. The molecule has 2 rings (SSSR count). The van der Waals surface area contributed by atoms with Crippen molar-refractivity contribution >= 4 is 46.4 Å². The first-order chi connectivity index (χ1) is 12.6. The number of thiazole rings is 1. The molecule has 150 valence electrons. The van der Waals surface area contributed by atoms with Crippen LogP contribution in [0.4, 0.5) is 5.13 Å². The number of aliphatic imine (C=N–C) groups is 1. The van der Waals surface area contributed by atoms with Gasteiger partial charge >= 0.3 is 0 Å². The Labute approximate surface area is 182 Å². The third-order valence-corrected chi connectivity index (χ3v) is 4.45. The fourth-order valence-electron chi connectivity index (χ4n) is 2.09. The van der Waals surface area contributed by atoms with Crippen LogP contribution in [0.1, 0.15) is 12.6 Å². The Balaban J connectivity index is 0.00000364. The minimum Gasteiger partial charge on any atom is -0.497 e. The molecule has 1 aromatic heterocycles. The summed E-state index contributed by atoms with van der Waals surface area (Å²) in [4.78, 5) is 11.1. The van der Waals surface area contributed by atoms with Gasteiger partial charge in [-0.25, -0.2) is 9.98 Å². The molecule has 1 heterocycles. The van der Waals surface area contributed by atoms with Crippen LogP contribution in [0.15, 0.2) is 34.6 Å². The van der Waals surface area contributed by atoms with Crippen LogP contribution < -0.4 is 25.0 Å². The number of nitrogens with zero attached hydrogens (tertiary/aromatic N) is 3. The van der Waals surface area contributed by atoms with E-state index in [0.717, 1.165) is 34.8 Å². The first kappa shape index (κ1) is 23.3. The van der Waals surface area contributed by atoms with Crippen molar-refractivity contribution < 1.29 is 9.47 Å². The summed E-state index contributed by atoms with van der Waals surface area (Å²) in [6.45, 7) is 4.57. The Hall–Kier alpha value is -1.75. The van der Waals surface area contributed by atoms with Crippen molar-refractivity contribution in [1.82, 2.24) is 15.6 Å². The van der Waals surface area contributed by atoms with E-state index in [-0.39, 0.29) is 24.0 Å². The zero-order chi connectivity index (χ0) is 18.8. The second-order valence-electron chi connectivity index (χ2n) is 5.66. The van der Waals surface area contributed by atoms with Gasteiger partial charge in [-0.3, -0.25) is 0 Å². The molecular weight excluding hydrogens is 477 g/mol. The summed E-state index contributed by atoms with van der Waals surface area (Å²) in [5.74, 6) is 2.38. The van der Waals surface area contributed by atoms with Crippen LogP contribution in [0.3, 0.4) is 0 Å². The molecule has 1 aromatic carbocycles. The standard InChI is InChI=1S/C18H27N5O2S.HI/c1-5-19-17(21-12-14-13-26-18(22-14)23(2)3)20-10-11-25-16-8-6-15(24-4)7-9-16;/h6-9,13H,5,10-12H2,1-4H3,(H2,19,20,21);1H. The van der Waals surface area contributed by atoms with E-state index in [1.807, 2.05) is 55.6 Å². The van der Waals surface area contributed by atoms with Gasteiger partial charge in [0.1, 0.15) is 18.1 Å². The third-order valence-electron chi connectivity index (χ3n) is 3.39. The molecule has 0 radical (unpaired) electrons. The number of guanidine groups is 1. The molecule has 0 unspecified atom stereocenters. The zero-order valence-electron chi connectivity index (χ0n) is 16.2. The molecule has 0 aliphatic carbocycles. The zero-order valence-corrected chi connectivity index (χ0v) is 19.3. The number of hydrogen-bond acceptors (Lipinski definition) is 6. The van der Waals surface area contributed by atoms with Crippen LogP contribution in [0.5, 0.6) is 11.5 Å². The van der Waals surface area contributed by atoms with Crippen LogP contribution in [0, 0.1) is 0 Å². The molecular formula is C18H28IN5O2S. The topological polar surface area (TPSA) is 71.0 Å². The first-order valence-electron chi connectivity index (χ1n) is 8.53. The lowest BCUT2D eigenvalue weighted by Crippen LogP contribution is -2.39. The Bertz CT molecular complexity index is 691. The second-order valence-corrected chi connectivity index (χ2v) is 6.50. The lowest BCUT2D eigenvalue weighted by atomic mass is 10.3. The average Bonchev–Trinajstić information content (AvgIpc) is 3.13. The minimum atomic E-state index is 0. The van der Waals surface area contributed by atoms with Gasteiger partial charge in [0.25, 0.3) is 0 Å². The predicted molar refractivity (Wildman–Crippen MR) is 123 cm³/mol. The van der Waals surface area contributed by atoms with Crippen molar-refractivity contribution in [2.24, 2.45) is 4.99 Å². The number of hydrogen-bond donors (Lipinski definition) is 2. The molecule has 0 bridgehead atoms. The number of anilines is 1. The highest BCUT2D eigenvalue weighted by Gasteiger charge is 2.04. The van der Waals surface area contributed by atoms with Gasteiger partial charge in [-0.1, -0.05) is 0 Å². The maximum Gasteiger partial charge on any atom is 0.191 e. The number of halogens is 1. The normalized spacial score (nSPS) is 10.7. The summed E-state index contributed by atoms with van der Waals surface area (Å²) in [7, 11) is 5.62. The molecule has 0 aliphatic rings. The predicted octanol–water partition coefficient (Wildman–Crippen LogP) is 2.97. The van der Waals surface area contributed by atoms with Gasteiger partial charge in [-0.15, -0.1) is 35.3 Å². The minimum absolute atomic E-state index is 0. The molecule has 2 aromatic rings. The number of nitrogens with one attached hydrogen (secondary N) is 2. The molecule has 27 heavy (non-hydrogen) atoms. The van der Waals surface area contributed by atoms with Crippen LogP contribution >= 0.6 is 35.3 Å². The molecule has 7 nitrogen and oxygen atoms in total. The number of rotatable bonds is 9. The highest BCUT2D eigenvalue weighted by Crippen LogP contribution is 2.18. The number of ether oxygens (including phenoxy) is 2. The summed E-state index contributed by atoms with van der Waals surface area (Å²) in [6.07, 6.45) is 0. The lowest BCUT2D eigenvalue weighted by molar-refractivity contribution is 0.321. The summed E-state index contributed by atoms with van der Waals surface area (Å²) in [6, 6.07) is 7.54. The van der Waals surface area contributed by atoms with Crippen LogP contribution in [0.2, 0.25) is 0 Å². The first-order valence-corrected chi connectivity index (χ1v) is 9.41. The van der Waals surface area contributed by atoms with Crippen molar-refractivity contribution in [2.45, 2.75) is 13.5 Å². The van der Waals surface area contributed by atoms with Crippen LogP contribution in [-0.2, 0) is 6.54 Å². The van der Waals surface area contributed by atoms with E-state index >= 15 is 0 Å². The monoisotopic (exact) mass is 505 g/mol. The van der Waals surface area contributed by atoms with Gasteiger partial charge in [0.15, 0.2) is 11.1 Å². The van der Waals surface area contributed by atoms with Crippen LogP contribution in [0.25, 0.3) is 0 Å². The number of methoxy groups -OCH3 is 1. The third kappa shape index (κ3) is 8.21. The molecule has 0 spiro atoms. The van der Waals surface area contributed by atoms with Gasteiger partial charge in [-0.2, -0.15) is 0 Å². The van der Waals surface area contributed by atoms with E-state index in [0.29, 0.717) is 19.7 Å². The average molecular weight is 505 g/mol. The van der Waals surface area contributed by atoms with Crippen molar-refractivity contribution in [2.75, 3.05) is 45.8 Å². The molecule has 0 saturated carbocycles. The van der Waals surface area contributed by atoms with Crippen molar-refractivity contribution in [1.29, 1.82) is 0 Å². The van der Waals surface area contributed by atoms with Gasteiger partial charge in [-0.05, 0) is 31.2 Å². The van der Waals surface area contributed by atoms with Crippen LogP contribution in [-0.4, -0.2) is 51.8 Å². The molecule has 0 saturated heterocycles. The largest absolute Gasteiger partial charge is 0.497 e. The molecule has 0 aliphatic heterocycles. The molecule has 9 heteroatoms. The number of benzene rings is 1. The SMILES string of the molecule is CCNC(=NCc1csc(N(C)C)n1)NCCOc1ccc(OC)cc1.I. The Morgan fingerprint density at radius 2 is 1.89 bits per heavy atom. The van der Waals surface area contributed by atoms with Gasteiger partial charge in [0.05, 0.1) is 25.9 Å². The maximum atomic E-state index is 5.71. The maximum absolute atomic E-state index is 5.71. The quantitative estimate of drug-likeness (QED) is 0.237. The molecule has 0 amide bonds. The fraction of sp³-hybridized carbons (Fsp3) is 0.444. The van der Waals surface area contributed by atoms with Gasteiger partial charge in [0, 0.05) is 26.0 Å². The van der Waals surface area contributed by atoms with E-state index < -0.39 is 0 Å². The van der Waals surface area contributed by atoms with Crippen molar-refractivity contribution in [3.05, 3.63) is 35.3 Å². The van der Waals surface area contributed by atoms with E-state index in [9.17, 15) is 0 Å². The molecule has 0 fully saturated rings. The lowest BCUT2D eigenvalue weighted by Gasteiger charge is -2.12. The second kappa shape index (κ2) is 12.6. The smallest absolute Gasteiger partial charge is 0.191 e. The Kier molecular flexibility index (Phi) is 10.9. The summed E-state index contributed by atoms with van der Waals surface area (Å²) < 4.78 is 10.8. The fourth-order valence-corrected chi connectivity index (χ4v) is 2.84. The van der Waals surface area contributed by atoms with E-state index in [4.69, 9.17) is 9.47 Å². The van der Waals surface area contributed by atoms with Gasteiger partial charge < -0.3 is 25.0 Å². The molecule has 2 N–H and O–H groups in total. The summed E-state index contributed by atoms with van der Waals surface area (Å²) >= 11 is 1.62. The van der Waals surface area contributed by atoms with Crippen molar-refractivity contribution in [3.8, 4) is 11.5 Å². The molecule has 0 atom stereocenters. The summed E-state index contributed by atoms with van der Waals surface area (Å²) in [5.41, 5.74) is 0.963. The Morgan fingerprint density at radius 3 is 2.48 bits per heavy atom. The Morgan fingerprint density at radius 1 is 1.19 bits per heavy atom. The van der Waals surface area contributed by atoms with E-state index in [2.05, 4.69) is 20.6 Å². The van der Waals surface area contributed by atoms with Gasteiger partial charge in [0.2, 0.25) is 0 Å². The highest BCUT2D eigenvalue weighted by atomic mass is 127. The number of aromatic nitrogens is 1. The highest BCUT2D eigenvalue weighted by molar-refractivity contribution is 14.0. The van der Waals surface area contributed by atoms with E-state index in [1.165, 1.54) is 0 Å². The van der Waals surface area contributed by atoms with E-state index in [1.54, 1.807) is 18.4 Å².